The van der Waals surface area contributed by atoms with Crippen molar-refractivity contribution < 1.29 is 0 Å². The third-order valence-corrected chi connectivity index (χ3v) is 4.47. The summed E-state index contributed by atoms with van der Waals surface area (Å²) in [7, 11) is 6.37. The van der Waals surface area contributed by atoms with Crippen LogP contribution < -0.4 is 4.90 Å². The van der Waals surface area contributed by atoms with E-state index in [1.165, 1.54) is 10.3 Å². The quantitative estimate of drug-likeness (QED) is 0.835. The molecule has 3 nitrogen and oxygen atoms in total. The summed E-state index contributed by atoms with van der Waals surface area (Å²) >= 11 is 1.77. The van der Waals surface area contributed by atoms with Crippen LogP contribution in [-0.4, -0.2) is 43.6 Å². The SMILES string of the molecule is Cc1cc2ccc(N(C)C(C)CCN(C)C)nc2s1. The van der Waals surface area contributed by atoms with Crippen molar-refractivity contribution in [1.82, 2.24) is 9.88 Å². The summed E-state index contributed by atoms with van der Waals surface area (Å²) in [5.41, 5.74) is 0. The molecule has 0 spiro atoms. The molecule has 0 saturated carbocycles. The Hall–Kier alpha value is -1.13. The standard InChI is InChI=1S/C15H23N3S/c1-11(8-9-17(3)4)18(5)14-7-6-13-10-12(2)19-15(13)16-14/h6-7,10-11H,8-9H2,1-5H3. The summed E-state index contributed by atoms with van der Waals surface area (Å²) in [5, 5.41) is 1.25. The number of rotatable bonds is 5. The molecular formula is C15H23N3S. The first kappa shape index (κ1) is 14.3. The number of aromatic nitrogens is 1. The Morgan fingerprint density at radius 1 is 1.26 bits per heavy atom. The van der Waals surface area contributed by atoms with Crippen LogP contribution in [0.2, 0.25) is 0 Å². The molecule has 1 unspecified atom stereocenters. The minimum absolute atomic E-state index is 0.494. The number of aryl methyl sites for hydroxylation is 1. The van der Waals surface area contributed by atoms with Gasteiger partial charge in [-0.3, -0.25) is 0 Å². The van der Waals surface area contributed by atoms with Gasteiger partial charge in [0, 0.05) is 23.4 Å². The van der Waals surface area contributed by atoms with Crippen molar-refractivity contribution in [3.8, 4) is 0 Å². The van der Waals surface area contributed by atoms with Crippen LogP contribution in [0.5, 0.6) is 0 Å². The fourth-order valence-corrected chi connectivity index (χ4v) is 2.97. The summed E-state index contributed by atoms with van der Waals surface area (Å²) in [6.45, 7) is 5.50. The first-order chi connectivity index (χ1) is 8.97. The average molecular weight is 277 g/mol. The lowest BCUT2D eigenvalue weighted by atomic mass is 10.2. The predicted molar refractivity (Wildman–Crippen MR) is 85.4 cm³/mol. The second-order valence-corrected chi connectivity index (χ2v) is 6.71. The van der Waals surface area contributed by atoms with Crippen LogP contribution in [0.4, 0.5) is 5.82 Å². The van der Waals surface area contributed by atoms with Crippen molar-refractivity contribution in [2.45, 2.75) is 26.3 Å². The highest BCUT2D eigenvalue weighted by atomic mass is 32.1. The molecule has 0 amide bonds. The molecule has 0 N–H and O–H groups in total. The van der Waals surface area contributed by atoms with Gasteiger partial charge in [0.1, 0.15) is 10.6 Å². The first-order valence-corrected chi connectivity index (χ1v) is 7.54. The Balaban J connectivity index is 2.13. The Morgan fingerprint density at radius 3 is 2.68 bits per heavy atom. The van der Waals surface area contributed by atoms with Crippen molar-refractivity contribution in [3.05, 3.63) is 23.1 Å². The molecule has 2 rings (SSSR count). The summed E-state index contributed by atoms with van der Waals surface area (Å²) in [6, 6.07) is 7.00. The van der Waals surface area contributed by atoms with Crippen LogP contribution in [0.15, 0.2) is 18.2 Å². The van der Waals surface area contributed by atoms with Crippen LogP contribution in [0.25, 0.3) is 10.2 Å². The molecule has 1 atom stereocenters. The summed E-state index contributed by atoms with van der Waals surface area (Å²) < 4.78 is 0. The van der Waals surface area contributed by atoms with Crippen molar-refractivity contribution in [3.63, 3.8) is 0 Å². The van der Waals surface area contributed by atoms with Crippen LogP contribution in [-0.2, 0) is 0 Å². The van der Waals surface area contributed by atoms with Gasteiger partial charge in [-0.15, -0.1) is 11.3 Å². The fourth-order valence-electron chi connectivity index (χ4n) is 2.09. The lowest BCUT2D eigenvalue weighted by molar-refractivity contribution is 0.382. The number of anilines is 1. The zero-order valence-electron chi connectivity index (χ0n) is 12.5. The Bertz CT molecular complexity index is 547. The number of pyridine rings is 1. The van der Waals surface area contributed by atoms with E-state index in [0.717, 1.165) is 23.6 Å². The van der Waals surface area contributed by atoms with Gasteiger partial charge in [0.15, 0.2) is 0 Å². The van der Waals surface area contributed by atoms with Crippen LogP contribution >= 0.6 is 11.3 Å². The van der Waals surface area contributed by atoms with E-state index in [0.29, 0.717) is 6.04 Å². The predicted octanol–water partition coefficient (Wildman–Crippen LogP) is 3.38. The molecule has 0 bridgehead atoms. The van der Waals surface area contributed by atoms with E-state index in [4.69, 9.17) is 4.98 Å². The molecule has 104 valence electrons. The van der Waals surface area contributed by atoms with E-state index in [1.54, 1.807) is 11.3 Å². The summed E-state index contributed by atoms with van der Waals surface area (Å²) in [6.07, 6.45) is 1.15. The van der Waals surface area contributed by atoms with Gasteiger partial charge in [-0.25, -0.2) is 4.98 Å². The van der Waals surface area contributed by atoms with Gasteiger partial charge >= 0.3 is 0 Å². The molecule has 0 aromatic carbocycles. The fraction of sp³-hybridized carbons (Fsp3) is 0.533. The molecule has 0 saturated heterocycles. The molecular weight excluding hydrogens is 254 g/mol. The van der Waals surface area contributed by atoms with E-state index >= 15 is 0 Å². The third-order valence-electron chi connectivity index (χ3n) is 3.51. The van der Waals surface area contributed by atoms with Gasteiger partial charge in [-0.05, 0) is 59.1 Å². The molecule has 0 aliphatic carbocycles. The van der Waals surface area contributed by atoms with Gasteiger partial charge in [-0.1, -0.05) is 0 Å². The Morgan fingerprint density at radius 2 is 2.00 bits per heavy atom. The zero-order valence-corrected chi connectivity index (χ0v) is 13.3. The topological polar surface area (TPSA) is 19.4 Å². The monoisotopic (exact) mass is 277 g/mol. The smallest absolute Gasteiger partial charge is 0.130 e. The molecule has 0 aliphatic rings. The number of nitrogens with zero attached hydrogens (tertiary/aromatic N) is 3. The van der Waals surface area contributed by atoms with Crippen molar-refractivity contribution in [2.24, 2.45) is 0 Å². The largest absolute Gasteiger partial charge is 0.357 e. The molecule has 2 aromatic rings. The maximum Gasteiger partial charge on any atom is 0.130 e. The minimum atomic E-state index is 0.494. The lowest BCUT2D eigenvalue weighted by Crippen LogP contribution is -2.32. The lowest BCUT2D eigenvalue weighted by Gasteiger charge is -2.27. The van der Waals surface area contributed by atoms with Gasteiger partial charge < -0.3 is 9.80 Å². The Kier molecular flexibility index (Phi) is 4.42. The molecule has 2 aromatic heterocycles. The molecule has 2 heterocycles. The minimum Gasteiger partial charge on any atom is -0.357 e. The zero-order chi connectivity index (χ0) is 14.0. The summed E-state index contributed by atoms with van der Waals surface area (Å²) in [4.78, 5) is 11.7. The normalized spacial score (nSPS) is 13.2. The highest BCUT2D eigenvalue weighted by molar-refractivity contribution is 7.18. The van der Waals surface area contributed by atoms with Gasteiger partial charge in [0.25, 0.3) is 0 Å². The second kappa shape index (κ2) is 5.88. The summed E-state index contributed by atoms with van der Waals surface area (Å²) in [5.74, 6) is 1.07. The maximum absolute atomic E-state index is 4.77. The van der Waals surface area contributed by atoms with E-state index in [-0.39, 0.29) is 0 Å². The van der Waals surface area contributed by atoms with Gasteiger partial charge in [0.05, 0.1) is 0 Å². The first-order valence-electron chi connectivity index (χ1n) is 6.72. The van der Waals surface area contributed by atoms with Crippen LogP contribution in [0.1, 0.15) is 18.2 Å². The highest BCUT2D eigenvalue weighted by Crippen LogP contribution is 2.26. The maximum atomic E-state index is 4.77. The van der Waals surface area contributed by atoms with E-state index in [2.05, 4.69) is 63.0 Å². The number of hydrogen-bond donors (Lipinski definition) is 0. The van der Waals surface area contributed by atoms with Crippen LogP contribution in [0, 0.1) is 6.92 Å². The Labute approximate surface area is 119 Å². The molecule has 4 heteroatoms. The number of hydrogen-bond acceptors (Lipinski definition) is 4. The molecule has 0 aliphatic heterocycles. The van der Waals surface area contributed by atoms with Crippen molar-refractivity contribution in [2.75, 3.05) is 32.6 Å². The van der Waals surface area contributed by atoms with Crippen LogP contribution in [0.3, 0.4) is 0 Å². The second-order valence-electron chi connectivity index (χ2n) is 5.47. The van der Waals surface area contributed by atoms with Crippen molar-refractivity contribution in [1.29, 1.82) is 0 Å². The number of thiophene rings is 1. The van der Waals surface area contributed by atoms with E-state index in [9.17, 15) is 0 Å². The van der Waals surface area contributed by atoms with E-state index < -0.39 is 0 Å². The highest BCUT2D eigenvalue weighted by Gasteiger charge is 2.12. The molecule has 0 fully saturated rings. The van der Waals surface area contributed by atoms with Gasteiger partial charge in [-0.2, -0.15) is 0 Å². The van der Waals surface area contributed by atoms with Gasteiger partial charge in [0.2, 0.25) is 0 Å². The molecule has 19 heavy (non-hydrogen) atoms. The van der Waals surface area contributed by atoms with Crippen molar-refractivity contribution >= 4 is 27.4 Å². The average Bonchev–Trinajstić information content (AvgIpc) is 2.73. The van der Waals surface area contributed by atoms with E-state index in [1.807, 2.05) is 0 Å². The molecule has 0 radical (unpaired) electrons. The third kappa shape index (κ3) is 3.45. The number of fused-ring (bicyclic) bond motifs is 1.